The molecule has 112 valence electrons. The van der Waals surface area contributed by atoms with E-state index in [1.54, 1.807) is 0 Å². The first-order valence-corrected chi connectivity index (χ1v) is 7.47. The molecule has 2 rings (SSSR count). The van der Waals surface area contributed by atoms with Crippen LogP contribution in [-0.4, -0.2) is 31.3 Å². The molecule has 4 nitrogen and oxygen atoms in total. The Bertz CT molecular complexity index is 616. The van der Waals surface area contributed by atoms with E-state index in [1.165, 1.54) is 11.0 Å². The minimum absolute atomic E-state index is 0.0983. The fourth-order valence-electron chi connectivity index (χ4n) is 2.23. The van der Waals surface area contributed by atoms with E-state index in [2.05, 4.69) is 34.7 Å². The molecule has 1 heterocycles. The van der Waals surface area contributed by atoms with Crippen molar-refractivity contribution in [2.45, 2.75) is 13.3 Å². The minimum Gasteiger partial charge on any atom is -0.313 e. The van der Waals surface area contributed by atoms with Crippen molar-refractivity contribution in [1.82, 2.24) is 5.32 Å². The molecule has 1 amide bonds. The number of ketones is 1. The molecule has 6 heteroatoms. The van der Waals surface area contributed by atoms with Crippen LogP contribution >= 0.6 is 15.9 Å². The Morgan fingerprint density at radius 3 is 2.81 bits per heavy atom. The average Bonchev–Trinajstić information content (AvgIpc) is 2.64. The summed E-state index contributed by atoms with van der Waals surface area (Å²) in [7, 11) is 0. The van der Waals surface area contributed by atoms with E-state index in [1.807, 2.05) is 0 Å². The zero-order chi connectivity index (χ0) is 15.6. The van der Waals surface area contributed by atoms with Crippen LogP contribution in [0.15, 0.2) is 28.8 Å². The molecule has 0 fully saturated rings. The van der Waals surface area contributed by atoms with E-state index in [0.29, 0.717) is 16.7 Å². The van der Waals surface area contributed by atoms with Gasteiger partial charge >= 0.3 is 0 Å². The van der Waals surface area contributed by atoms with E-state index in [-0.39, 0.29) is 12.1 Å². The van der Waals surface area contributed by atoms with Crippen molar-refractivity contribution in [3.05, 3.63) is 40.1 Å². The van der Waals surface area contributed by atoms with Gasteiger partial charge in [0.2, 0.25) is 0 Å². The number of amides is 1. The molecule has 0 aromatic heterocycles. The molecule has 0 unspecified atom stereocenters. The summed E-state index contributed by atoms with van der Waals surface area (Å²) in [6, 6.07) is 2.34. The van der Waals surface area contributed by atoms with Gasteiger partial charge in [-0.3, -0.25) is 14.5 Å². The average molecular weight is 355 g/mol. The zero-order valence-electron chi connectivity index (χ0n) is 11.7. The van der Waals surface area contributed by atoms with E-state index in [9.17, 15) is 14.0 Å². The number of rotatable bonds is 6. The Labute approximate surface area is 131 Å². The molecule has 1 aliphatic heterocycles. The predicted octanol–water partition coefficient (Wildman–Crippen LogP) is 2.67. The van der Waals surface area contributed by atoms with Gasteiger partial charge in [0.25, 0.3) is 11.7 Å². The van der Waals surface area contributed by atoms with Crippen molar-refractivity contribution in [1.29, 1.82) is 0 Å². The van der Waals surface area contributed by atoms with E-state index in [0.717, 1.165) is 24.6 Å². The number of nitrogens with zero attached hydrogens (tertiary/aromatic N) is 1. The van der Waals surface area contributed by atoms with E-state index < -0.39 is 17.5 Å². The Morgan fingerprint density at radius 2 is 2.14 bits per heavy atom. The van der Waals surface area contributed by atoms with Crippen LogP contribution in [0.25, 0.3) is 0 Å². The third-order valence-corrected chi connectivity index (χ3v) is 3.77. The molecular weight excluding hydrogens is 339 g/mol. The highest BCUT2D eigenvalue weighted by molar-refractivity contribution is 9.10. The normalized spacial score (nSPS) is 13.8. The number of carbonyl (C=O) groups is 2. The van der Waals surface area contributed by atoms with Crippen LogP contribution in [0.4, 0.5) is 10.1 Å². The number of nitrogens with one attached hydrogen (secondary N) is 1. The lowest BCUT2D eigenvalue weighted by molar-refractivity contribution is -0.114. The van der Waals surface area contributed by atoms with Crippen LogP contribution < -0.4 is 10.2 Å². The standard InChI is InChI=1S/C15H16BrFN2O2/c1-3-4-18-7-9(2)8-19-13-11(14(20)15(19)21)5-10(17)6-12(13)16/h5-6,18H,2-4,7-8H2,1H3. The monoisotopic (exact) mass is 354 g/mol. The second-order valence-corrected chi connectivity index (χ2v) is 5.79. The molecule has 1 aromatic rings. The number of fused-ring (bicyclic) bond motifs is 1. The van der Waals surface area contributed by atoms with Crippen LogP contribution in [0.2, 0.25) is 0 Å². The smallest absolute Gasteiger partial charge is 0.299 e. The number of hydrogen-bond acceptors (Lipinski definition) is 3. The van der Waals surface area contributed by atoms with Crippen LogP contribution in [-0.2, 0) is 4.79 Å². The second-order valence-electron chi connectivity index (χ2n) is 4.93. The van der Waals surface area contributed by atoms with Crippen LogP contribution in [0, 0.1) is 5.82 Å². The molecule has 1 aromatic carbocycles. The van der Waals surface area contributed by atoms with Gasteiger partial charge in [-0.05, 0) is 46.6 Å². The lowest BCUT2D eigenvalue weighted by atomic mass is 10.1. The van der Waals surface area contributed by atoms with Crippen molar-refractivity contribution in [3.63, 3.8) is 0 Å². The largest absolute Gasteiger partial charge is 0.313 e. The molecule has 0 aliphatic carbocycles. The first kappa shape index (κ1) is 15.9. The number of carbonyl (C=O) groups excluding carboxylic acids is 2. The molecule has 0 saturated heterocycles. The van der Waals surface area contributed by atoms with Gasteiger partial charge in [0.1, 0.15) is 5.82 Å². The molecule has 1 N–H and O–H groups in total. The first-order valence-electron chi connectivity index (χ1n) is 6.68. The Hall–Kier alpha value is -1.53. The summed E-state index contributed by atoms with van der Waals surface area (Å²) < 4.78 is 13.8. The summed E-state index contributed by atoms with van der Waals surface area (Å²) in [5, 5.41) is 3.19. The summed E-state index contributed by atoms with van der Waals surface area (Å²) >= 11 is 3.22. The van der Waals surface area contributed by atoms with Crippen LogP contribution in [0.1, 0.15) is 23.7 Å². The highest BCUT2D eigenvalue weighted by Crippen LogP contribution is 2.37. The van der Waals surface area contributed by atoms with Gasteiger partial charge in [0.15, 0.2) is 0 Å². The third kappa shape index (κ3) is 3.22. The van der Waals surface area contributed by atoms with Gasteiger partial charge in [0.05, 0.1) is 11.3 Å². The summed E-state index contributed by atoms with van der Waals surface area (Å²) in [4.78, 5) is 25.3. The van der Waals surface area contributed by atoms with Gasteiger partial charge in [-0.25, -0.2) is 4.39 Å². The quantitative estimate of drug-likeness (QED) is 0.485. The molecule has 0 bridgehead atoms. The minimum atomic E-state index is -0.681. The van der Waals surface area contributed by atoms with Crippen molar-refractivity contribution in [2.24, 2.45) is 0 Å². The van der Waals surface area contributed by atoms with Crippen molar-refractivity contribution in [3.8, 4) is 0 Å². The van der Waals surface area contributed by atoms with Crippen molar-refractivity contribution >= 4 is 33.3 Å². The maximum absolute atomic E-state index is 13.4. The highest BCUT2D eigenvalue weighted by atomic mass is 79.9. The fourth-order valence-corrected chi connectivity index (χ4v) is 2.87. The number of halogens is 2. The SMILES string of the molecule is C=C(CNCCC)CN1C(=O)C(=O)c2cc(F)cc(Br)c21. The summed E-state index contributed by atoms with van der Waals surface area (Å²) in [5.74, 6) is -1.88. The summed E-state index contributed by atoms with van der Waals surface area (Å²) in [6.07, 6.45) is 1.00. The Kier molecular flexibility index (Phi) is 4.90. The number of benzene rings is 1. The molecule has 0 saturated carbocycles. The molecule has 0 radical (unpaired) electrons. The van der Waals surface area contributed by atoms with Gasteiger partial charge in [-0.2, -0.15) is 0 Å². The second kappa shape index (κ2) is 6.49. The highest BCUT2D eigenvalue weighted by Gasteiger charge is 2.37. The first-order chi connectivity index (χ1) is 9.95. The number of anilines is 1. The Balaban J connectivity index is 2.21. The third-order valence-electron chi connectivity index (χ3n) is 3.17. The number of Topliss-reactive ketones (excluding diaryl/α,β-unsaturated/α-hetero) is 1. The van der Waals surface area contributed by atoms with Gasteiger partial charge in [-0.15, -0.1) is 0 Å². The maximum Gasteiger partial charge on any atom is 0.299 e. The zero-order valence-corrected chi connectivity index (χ0v) is 13.3. The lowest BCUT2D eigenvalue weighted by Crippen LogP contribution is -2.33. The predicted molar refractivity (Wildman–Crippen MR) is 83.1 cm³/mol. The summed E-state index contributed by atoms with van der Waals surface area (Å²) in [5.41, 5.74) is 1.30. The van der Waals surface area contributed by atoms with E-state index >= 15 is 0 Å². The van der Waals surface area contributed by atoms with Gasteiger partial charge in [0, 0.05) is 17.6 Å². The fraction of sp³-hybridized carbons (Fsp3) is 0.333. The van der Waals surface area contributed by atoms with Crippen molar-refractivity contribution in [2.75, 3.05) is 24.5 Å². The van der Waals surface area contributed by atoms with E-state index in [4.69, 9.17) is 0 Å². The van der Waals surface area contributed by atoms with Crippen LogP contribution in [0.5, 0.6) is 0 Å². The molecule has 0 spiro atoms. The van der Waals surface area contributed by atoms with Crippen LogP contribution in [0.3, 0.4) is 0 Å². The molecule has 21 heavy (non-hydrogen) atoms. The van der Waals surface area contributed by atoms with Crippen molar-refractivity contribution < 1.29 is 14.0 Å². The molecule has 1 aliphatic rings. The topological polar surface area (TPSA) is 49.4 Å². The van der Waals surface area contributed by atoms with Gasteiger partial charge in [-0.1, -0.05) is 13.5 Å². The molecular formula is C15H16BrFN2O2. The summed E-state index contributed by atoms with van der Waals surface area (Å²) in [6.45, 7) is 7.63. The Morgan fingerprint density at radius 1 is 1.43 bits per heavy atom. The lowest BCUT2D eigenvalue weighted by Gasteiger charge is -2.19. The number of hydrogen-bond donors (Lipinski definition) is 1. The van der Waals surface area contributed by atoms with Gasteiger partial charge < -0.3 is 5.32 Å². The maximum atomic E-state index is 13.4. The molecule has 0 atom stereocenters.